The maximum Gasteiger partial charge on any atom is 0 e. The van der Waals surface area contributed by atoms with Crippen molar-refractivity contribution < 1.29 is 55.1 Å². The summed E-state index contributed by atoms with van der Waals surface area (Å²) in [5.74, 6) is -0.823. The molecule has 1 N–H and O–H groups in total. The molecule has 0 saturated heterocycles. The smallest absolute Gasteiger partial charge is 0 e. The van der Waals surface area contributed by atoms with Gasteiger partial charge in [-0.1, -0.05) is 0 Å². The van der Waals surface area contributed by atoms with Gasteiger partial charge in [-0.2, -0.15) is 0 Å². The zero-order valence-corrected chi connectivity index (χ0v) is 13.5. The average Bonchev–Trinajstić information content (AvgIpc) is 2.30. The predicted molar refractivity (Wildman–Crippen MR) is 59.9 cm³/mol. The van der Waals surface area contributed by atoms with E-state index in [2.05, 4.69) is 3.39 Å². The molecule has 0 unspecified atom stereocenters. The van der Waals surface area contributed by atoms with Crippen LogP contribution in [0.3, 0.4) is 0 Å². The van der Waals surface area contributed by atoms with Gasteiger partial charge in [-0.15, -0.1) is 0 Å². The Morgan fingerprint density at radius 3 is 1.61 bits per heavy atom. The molecule has 0 bridgehead atoms. The summed E-state index contributed by atoms with van der Waals surface area (Å²) in [5.41, 5.74) is 0. The van der Waals surface area contributed by atoms with Crippen LogP contribution in [0.5, 0.6) is 0 Å². The van der Waals surface area contributed by atoms with Crippen molar-refractivity contribution in [2.45, 2.75) is 64.2 Å². The van der Waals surface area contributed by atoms with Crippen LogP contribution < -0.4 is 0 Å². The summed E-state index contributed by atoms with van der Waals surface area (Å²) in [6.45, 7) is 0. The van der Waals surface area contributed by atoms with E-state index < -0.39 is 5.97 Å². The fraction of sp³-hybridized carbons (Fsp3) is 0.833. The second kappa shape index (κ2) is 15.2. The van der Waals surface area contributed by atoms with E-state index in [4.69, 9.17) is 5.11 Å². The number of hydrogen-bond acceptors (Lipinski definition) is 3. The first-order chi connectivity index (χ1) is 8.16. The van der Waals surface area contributed by atoms with Gasteiger partial charge in [-0.3, -0.25) is 4.79 Å². The Hall–Kier alpha value is 0.135. The second-order valence-corrected chi connectivity index (χ2v) is 4.59. The largest absolute Gasteiger partial charge is 0 e. The number of carboxylic acid groups (broad SMARTS) is 1. The minimum Gasteiger partial charge on any atom is 0 e. The number of unbranched alkanes of at least 4 members (excludes halogenated alkanes) is 7. The van der Waals surface area contributed by atoms with Gasteiger partial charge < -0.3 is 5.11 Å². The van der Waals surface area contributed by atoms with Crippen LogP contribution in [0.4, 0.5) is 0 Å². The van der Waals surface area contributed by atoms with Gasteiger partial charge in [0, 0.05) is 16.8 Å². The number of carbonyl (C=O) groups excluding carboxylic acids is 1. The van der Waals surface area contributed by atoms with Crippen molar-refractivity contribution in [1.82, 2.24) is 0 Å². The Morgan fingerprint density at radius 2 is 1.22 bits per heavy atom. The minimum absolute atomic E-state index is 0. The van der Waals surface area contributed by atoms with Crippen molar-refractivity contribution >= 4 is 11.9 Å². The maximum absolute atomic E-state index is 10.8. The molecule has 0 spiro atoms. The molecule has 0 atom stereocenters. The second-order valence-electron chi connectivity index (χ2n) is 4.18. The van der Waals surface area contributed by atoms with Crippen LogP contribution in [-0.2, 0) is 50.0 Å². The van der Waals surface area contributed by atoms with Crippen molar-refractivity contribution in [2.75, 3.05) is 0 Å². The first-order valence-corrected chi connectivity index (χ1v) is 7.03. The average molecular weight is 384 g/mol. The predicted octanol–water partition coefficient (Wildman–Crippen LogP) is 2.97. The first kappa shape index (κ1) is 20.5. The number of hydrogen-bond donors (Lipinski definition) is 1. The van der Waals surface area contributed by atoms with Crippen molar-refractivity contribution in [1.29, 1.82) is 0 Å². The number of carbonyl (C=O) groups is 2. The minimum atomic E-state index is -0.701. The number of rotatable bonds is 11. The molecule has 0 aliphatic heterocycles. The van der Waals surface area contributed by atoms with Gasteiger partial charge in [0.05, 0.1) is 0 Å². The molecular weight excluding hydrogens is 363 g/mol. The van der Waals surface area contributed by atoms with Crippen molar-refractivity contribution in [2.24, 2.45) is 0 Å². The molecule has 0 heterocycles. The van der Waals surface area contributed by atoms with Crippen molar-refractivity contribution in [3.05, 3.63) is 0 Å². The Balaban J connectivity index is 0. The van der Waals surface area contributed by atoms with E-state index >= 15 is 0 Å². The summed E-state index contributed by atoms with van der Waals surface area (Å²) < 4.78 is 4.56. The van der Waals surface area contributed by atoms with Crippen molar-refractivity contribution in [3.63, 3.8) is 0 Å². The third-order valence-electron chi connectivity index (χ3n) is 2.61. The third kappa shape index (κ3) is 16.1. The zero-order chi connectivity index (χ0) is 12.9. The normalized spacial score (nSPS) is 9.56. The Morgan fingerprint density at radius 1 is 0.833 bits per heavy atom. The van der Waals surface area contributed by atoms with E-state index in [9.17, 15) is 9.59 Å². The zero-order valence-electron chi connectivity index (χ0n) is 10.5. The topological polar surface area (TPSA) is 63.6 Å². The molecule has 18 heavy (non-hydrogen) atoms. The van der Waals surface area contributed by atoms with Gasteiger partial charge >= 0.3 is 105 Å². The van der Waals surface area contributed by atoms with Crippen LogP contribution in [0.2, 0.25) is 0 Å². The molecule has 108 valence electrons. The van der Waals surface area contributed by atoms with E-state index in [0.717, 1.165) is 38.5 Å². The molecule has 0 fully saturated rings. The van der Waals surface area contributed by atoms with Crippen LogP contribution in [0.15, 0.2) is 0 Å². The number of carboxylic acids is 1. The summed E-state index contributed by atoms with van der Waals surface area (Å²) in [6, 6.07) is 0. The molecule has 0 aromatic rings. The van der Waals surface area contributed by atoms with E-state index in [1.807, 2.05) is 0 Å². The molecule has 0 rings (SSSR count). The first-order valence-electron chi connectivity index (χ1n) is 6.21. The molecule has 4 nitrogen and oxygen atoms in total. The molecule has 0 aromatic heterocycles. The SMILES string of the molecule is O=C(O)CCCCCCCCCCC(=O)[O][Mo].[Co]. The van der Waals surface area contributed by atoms with E-state index in [1.54, 1.807) is 0 Å². The van der Waals surface area contributed by atoms with Gasteiger partial charge in [-0.25, -0.2) is 0 Å². The van der Waals surface area contributed by atoms with Crippen LogP contribution in [0, 0.1) is 0 Å². The summed E-state index contributed by atoms with van der Waals surface area (Å²) in [7, 11) is 0. The Kier molecular flexibility index (Phi) is 17.3. The van der Waals surface area contributed by atoms with Gasteiger partial charge in [0.1, 0.15) is 0 Å². The van der Waals surface area contributed by atoms with Crippen LogP contribution >= 0.6 is 0 Å². The quantitative estimate of drug-likeness (QED) is 0.440. The molecule has 0 aromatic carbocycles. The maximum atomic E-state index is 10.8. The standard InChI is InChI=1S/C12H22O4.Co.Mo/c13-11(14)9-7-5-3-1-2-4-6-8-10-12(15)16;;/h1-10H2,(H,13,14)(H,15,16);;/q;;+1/p-1. The van der Waals surface area contributed by atoms with Crippen LogP contribution in [0.1, 0.15) is 64.2 Å². The molecule has 0 aliphatic rings. The fourth-order valence-corrected chi connectivity index (χ4v) is 1.85. The summed E-state index contributed by atoms with van der Waals surface area (Å²) >= 11 is 1.35. The van der Waals surface area contributed by atoms with Gasteiger partial charge in [0.15, 0.2) is 0 Å². The summed E-state index contributed by atoms with van der Waals surface area (Å²) in [6.07, 6.45) is 9.21. The Bertz CT molecular complexity index is 224. The summed E-state index contributed by atoms with van der Waals surface area (Å²) in [4.78, 5) is 21.1. The van der Waals surface area contributed by atoms with Crippen molar-refractivity contribution in [3.8, 4) is 0 Å². The fourth-order valence-electron chi connectivity index (χ4n) is 1.65. The van der Waals surface area contributed by atoms with E-state index in [-0.39, 0.29) is 22.7 Å². The van der Waals surface area contributed by atoms with E-state index in [0.29, 0.717) is 12.8 Å². The molecule has 0 aliphatic carbocycles. The Labute approximate surface area is 131 Å². The van der Waals surface area contributed by atoms with Gasteiger partial charge in [-0.05, 0) is 0 Å². The van der Waals surface area contributed by atoms with Gasteiger partial charge in [0.2, 0.25) is 0 Å². The molecular formula is C12H21CoMoO4. The molecule has 1 radical (unpaired) electrons. The molecule has 6 heteroatoms. The molecule has 0 amide bonds. The number of aliphatic carboxylic acids is 1. The van der Waals surface area contributed by atoms with Crippen LogP contribution in [-0.4, -0.2) is 17.0 Å². The molecule has 0 saturated carbocycles. The van der Waals surface area contributed by atoms with Gasteiger partial charge in [0.25, 0.3) is 0 Å². The monoisotopic (exact) mass is 386 g/mol. The van der Waals surface area contributed by atoms with E-state index in [1.165, 1.54) is 33.0 Å². The summed E-state index contributed by atoms with van der Waals surface area (Å²) in [5, 5.41) is 8.44. The van der Waals surface area contributed by atoms with Crippen LogP contribution in [0.25, 0.3) is 0 Å². The third-order valence-corrected chi connectivity index (χ3v) is 3.07.